The van der Waals surface area contributed by atoms with Crippen molar-refractivity contribution in [1.82, 2.24) is 9.97 Å². The van der Waals surface area contributed by atoms with Crippen LogP contribution in [0.1, 0.15) is 49.6 Å². The Bertz CT molecular complexity index is 825. The van der Waals surface area contributed by atoms with Crippen molar-refractivity contribution in [2.24, 2.45) is 5.73 Å². The summed E-state index contributed by atoms with van der Waals surface area (Å²) in [5.41, 5.74) is 15.0. The second-order valence-corrected chi connectivity index (χ2v) is 7.38. The maximum Gasteiger partial charge on any atom is 0.151 e. The number of hydrogen-bond acceptors (Lipinski definition) is 5. The van der Waals surface area contributed by atoms with Gasteiger partial charge in [-0.1, -0.05) is 31.9 Å². The van der Waals surface area contributed by atoms with E-state index in [2.05, 4.69) is 30.1 Å². The summed E-state index contributed by atoms with van der Waals surface area (Å²) < 4.78 is 1.21. The van der Waals surface area contributed by atoms with Crippen LogP contribution < -0.4 is 11.5 Å². The quantitative estimate of drug-likeness (QED) is 0.593. The lowest BCUT2D eigenvalue weighted by Gasteiger charge is -2.08. The first-order chi connectivity index (χ1) is 11.7. The molecule has 0 aliphatic heterocycles. The predicted molar refractivity (Wildman–Crippen MR) is 105 cm³/mol. The maximum atomic E-state index is 6.17. The van der Waals surface area contributed by atoms with Crippen LogP contribution in [0.5, 0.6) is 0 Å². The number of pyridine rings is 1. The number of rotatable bonds is 8. The van der Waals surface area contributed by atoms with E-state index < -0.39 is 0 Å². The van der Waals surface area contributed by atoms with E-state index in [1.807, 2.05) is 0 Å². The molecule has 3 rings (SSSR count). The third-order valence-electron chi connectivity index (χ3n) is 4.41. The van der Waals surface area contributed by atoms with Crippen LogP contribution in [0.3, 0.4) is 0 Å². The number of benzene rings is 1. The second kappa shape index (κ2) is 7.90. The van der Waals surface area contributed by atoms with Gasteiger partial charge in [-0.25, -0.2) is 9.97 Å². The molecule has 2 heterocycles. The van der Waals surface area contributed by atoms with Crippen LogP contribution in [0.25, 0.3) is 21.1 Å². The summed E-state index contributed by atoms with van der Waals surface area (Å²) in [6.07, 6.45) is 7.84. The largest absolute Gasteiger partial charge is 0.382 e. The van der Waals surface area contributed by atoms with Gasteiger partial charge in [-0.2, -0.15) is 0 Å². The van der Waals surface area contributed by atoms with Gasteiger partial charge in [0.05, 0.1) is 15.2 Å². The Kier molecular flexibility index (Phi) is 5.63. The summed E-state index contributed by atoms with van der Waals surface area (Å²) in [4.78, 5) is 9.37. The van der Waals surface area contributed by atoms with Crippen LogP contribution in [-0.2, 0) is 12.8 Å². The first-order valence-corrected chi connectivity index (χ1v) is 9.72. The summed E-state index contributed by atoms with van der Waals surface area (Å²) in [6.45, 7) is 2.98. The highest BCUT2D eigenvalue weighted by Crippen LogP contribution is 2.35. The zero-order valence-corrected chi connectivity index (χ0v) is 15.2. The van der Waals surface area contributed by atoms with Gasteiger partial charge in [-0.05, 0) is 50.3 Å². The topological polar surface area (TPSA) is 77.8 Å². The van der Waals surface area contributed by atoms with Crippen molar-refractivity contribution in [1.29, 1.82) is 0 Å². The van der Waals surface area contributed by atoms with E-state index in [0.717, 1.165) is 49.7 Å². The van der Waals surface area contributed by atoms with Crippen LogP contribution in [0.4, 0.5) is 5.82 Å². The highest BCUT2D eigenvalue weighted by atomic mass is 32.1. The van der Waals surface area contributed by atoms with Gasteiger partial charge < -0.3 is 11.5 Å². The molecule has 2 aromatic heterocycles. The predicted octanol–water partition coefficient (Wildman–Crippen LogP) is 4.44. The van der Waals surface area contributed by atoms with Crippen LogP contribution in [0, 0.1) is 0 Å². The number of aromatic nitrogens is 2. The Morgan fingerprint density at radius 1 is 1.04 bits per heavy atom. The lowest BCUT2D eigenvalue weighted by molar-refractivity contribution is 0.688. The van der Waals surface area contributed by atoms with E-state index in [1.54, 1.807) is 11.3 Å². The fourth-order valence-electron chi connectivity index (χ4n) is 3.11. The summed E-state index contributed by atoms with van der Waals surface area (Å²) in [6, 6.07) is 6.35. The van der Waals surface area contributed by atoms with Crippen molar-refractivity contribution in [3.05, 3.63) is 28.8 Å². The Morgan fingerprint density at radius 3 is 2.71 bits per heavy atom. The molecule has 0 saturated heterocycles. The van der Waals surface area contributed by atoms with Crippen LogP contribution >= 0.6 is 11.3 Å². The number of nitrogens with zero attached hydrogens (tertiary/aromatic N) is 2. The highest BCUT2D eigenvalue weighted by molar-refractivity contribution is 7.19. The number of unbranched alkanes of at least 4 members (excludes halogenated alkanes) is 3. The average Bonchev–Trinajstić information content (AvgIpc) is 3.01. The second-order valence-electron chi connectivity index (χ2n) is 6.30. The molecule has 0 amide bonds. The fraction of sp³-hybridized carbons (Fsp3) is 0.474. The molecule has 24 heavy (non-hydrogen) atoms. The minimum Gasteiger partial charge on any atom is -0.382 e. The Morgan fingerprint density at radius 2 is 1.92 bits per heavy atom. The zero-order valence-electron chi connectivity index (χ0n) is 14.3. The molecule has 0 saturated carbocycles. The van der Waals surface area contributed by atoms with Gasteiger partial charge in [0.25, 0.3) is 0 Å². The summed E-state index contributed by atoms with van der Waals surface area (Å²) in [5, 5.41) is 2.42. The first kappa shape index (κ1) is 17.1. The van der Waals surface area contributed by atoms with E-state index >= 15 is 0 Å². The van der Waals surface area contributed by atoms with Crippen LogP contribution in [-0.4, -0.2) is 16.5 Å². The van der Waals surface area contributed by atoms with Crippen molar-refractivity contribution >= 4 is 38.3 Å². The van der Waals surface area contributed by atoms with E-state index in [0.29, 0.717) is 5.82 Å². The molecule has 1 aromatic carbocycles. The van der Waals surface area contributed by atoms with Crippen molar-refractivity contribution in [2.75, 3.05) is 12.3 Å². The van der Waals surface area contributed by atoms with Gasteiger partial charge in [0, 0.05) is 5.39 Å². The van der Waals surface area contributed by atoms with Gasteiger partial charge in [0.1, 0.15) is 5.52 Å². The van der Waals surface area contributed by atoms with Crippen molar-refractivity contribution in [2.45, 2.75) is 51.9 Å². The van der Waals surface area contributed by atoms with E-state index in [4.69, 9.17) is 16.5 Å². The van der Waals surface area contributed by atoms with Crippen LogP contribution in [0.15, 0.2) is 18.2 Å². The minimum absolute atomic E-state index is 0.553. The lowest BCUT2D eigenvalue weighted by atomic mass is 10.0. The molecule has 3 aromatic rings. The molecule has 0 bridgehead atoms. The van der Waals surface area contributed by atoms with Crippen LogP contribution in [0.2, 0.25) is 0 Å². The smallest absolute Gasteiger partial charge is 0.151 e. The number of nitrogen functional groups attached to an aromatic ring is 1. The Hall–Kier alpha value is -1.72. The fourth-order valence-corrected chi connectivity index (χ4v) is 4.32. The standard InChI is InChI=1S/C19H26N4S/c1-2-3-11-15-23-17-18(24-15)16-13(8-5-4-6-12-20)9-7-10-14(16)22-19(17)21/h7,9-10H,2-6,8,11-12,20H2,1H3,(H2,21,22). The summed E-state index contributed by atoms with van der Waals surface area (Å²) >= 11 is 1.79. The SMILES string of the molecule is CCCCc1nc2c(N)nc3cccc(CCCCCN)c3c2s1. The van der Waals surface area contributed by atoms with Crippen molar-refractivity contribution in [3.63, 3.8) is 0 Å². The molecule has 0 aliphatic rings. The number of thiazole rings is 1. The molecule has 0 radical (unpaired) electrons. The molecule has 0 aliphatic carbocycles. The Balaban J connectivity index is 2.04. The first-order valence-electron chi connectivity index (χ1n) is 8.91. The van der Waals surface area contributed by atoms with E-state index in [1.165, 1.54) is 33.5 Å². The van der Waals surface area contributed by atoms with E-state index in [9.17, 15) is 0 Å². The minimum atomic E-state index is 0.553. The summed E-state index contributed by atoms with van der Waals surface area (Å²) in [7, 11) is 0. The molecule has 0 spiro atoms. The molecular formula is C19H26N4S. The normalized spacial score (nSPS) is 11.6. The molecule has 0 fully saturated rings. The van der Waals surface area contributed by atoms with Gasteiger partial charge in [0.2, 0.25) is 0 Å². The molecular weight excluding hydrogens is 316 g/mol. The zero-order chi connectivity index (χ0) is 16.9. The summed E-state index contributed by atoms with van der Waals surface area (Å²) in [5.74, 6) is 0.553. The van der Waals surface area contributed by atoms with Gasteiger partial charge in [0.15, 0.2) is 5.82 Å². The molecule has 0 atom stereocenters. The maximum absolute atomic E-state index is 6.17. The van der Waals surface area contributed by atoms with Crippen molar-refractivity contribution < 1.29 is 0 Å². The van der Waals surface area contributed by atoms with E-state index in [-0.39, 0.29) is 0 Å². The molecule has 128 valence electrons. The number of hydrogen-bond donors (Lipinski definition) is 2. The number of anilines is 1. The molecule has 0 unspecified atom stereocenters. The third-order valence-corrected chi connectivity index (χ3v) is 5.54. The van der Waals surface area contributed by atoms with Gasteiger partial charge in [-0.15, -0.1) is 11.3 Å². The molecule has 4 N–H and O–H groups in total. The lowest BCUT2D eigenvalue weighted by Crippen LogP contribution is -1.99. The monoisotopic (exact) mass is 342 g/mol. The number of nitrogens with two attached hydrogens (primary N) is 2. The number of aryl methyl sites for hydroxylation is 2. The molecule has 5 heteroatoms. The number of fused-ring (bicyclic) bond motifs is 3. The van der Waals surface area contributed by atoms with Crippen molar-refractivity contribution in [3.8, 4) is 0 Å². The highest BCUT2D eigenvalue weighted by Gasteiger charge is 2.14. The van der Waals surface area contributed by atoms with Gasteiger partial charge in [-0.3, -0.25) is 0 Å². The average molecular weight is 343 g/mol. The third kappa shape index (κ3) is 3.52. The Labute approximate surface area is 147 Å². The molecule has 4 nitrogen and oxygen atoms in total. The van der Waals surface area contributed by atoms with Gasteiger partial charge >= 0.3 is 0 Å².